The Balaban J connectivity index is 1.81. The van der Waals surface area contributed by atoms with Crippen molar-refractivity contribution in [2.45, 2.75) is 31.9 Å². The summed E-state index contributed by atoms with van der Waals surface area (Å²) in [5.74, 6) is 0. The molecule has 0 bridgehead atoms. The van der Waals surface area contributed by atoms with Gasteiger partial charge in [-0.2, -0.15) is 13.2 Å². The Kier molecular flexibility index (Phi) is 4.83. The molecule has 0 unspecified atom stereocenters. The quantitative estimate of drug-likeness (QED) is 0.488. The van der Waals surface area contributed by atoms with Gasteiger partial charge in [0.1, 0.15) is 0 Å². The fraction of sp³-hybridized carbons (Fsp3) is 0.294. The van der Waals surface area contributed by atoms with Crippen LogP contribution in [0.1, 0.15) is 24.8 Å². The van der Waals surface area contributed by atoms with Crippen molar-refractivity contribution in [3.8, 4) is 0 Å². The first-order valence-electron chi connectivity index (χ1n) is 6.74. The number of alkyl halides is 3. The number of halogens is 3. The van der Waals surface area contributed by atoms with E-state index < -0.39 is 12.6 Å². The SMILES string of the molecule is FC(F)(F)C/C=C/CCCc1ccc2ccccc2c1. The van der Waals surface area contributed by atoms with Crippen LogP contribution in [0.2, 0.25) is 0 Å². The Morgan fingerprint density at radius 3 is 2.40 bits per heavy atom. The van der Waals surface area contributed by atoms with Gasteiger partial charge in [0.05, 0.1) is 6.42 Å². The minimum atomic E-state index is -4.09. The van der Waals surface area contributed by atoms with Crippen molar-refractivity contribution in [3.63, 3.8) is 0 Å². The van der Waals surface area contributed by atoms with E-state index in [1.54, 1.807) is 6.08 Å². The van der Waals surface area contributed by atoms with E-state index in [9.17, 15) is 13.2 Å². The van der Waals surface area contributed by atoms with Gasteiger partial charge in [-0.1, -0.05) is 54.6 Å². The van der Waals surface area contributed by atoms with Crippen LogP contribution in [0.4, 0.5) is 13.2 Å². The smallest absolute Gasteiger partial charge is 0.171 e. The van der Waals surface area contributed by atoms with E-state index in [0.717, 1.165) is 12.8 Å². The van der Waals surface area contributed by atoms with Gasteiger partial charge in [-0.3, -0.25) is 0 Å². The summed E-state index contributed by atoms with van der Waals surface area (Å²) in [6.07, 6.45) is 0.351. The third kappa shape index (κ3) is 4.72. The lowest BCUT2D eigenvalue weighted by Crippen LogP contribution is -2.03. The summed E-state index contributed by atoms with van der Waals surface area (Å²) in [6.45, 7) is 0. The van der Waals surface area contributed by atoms with Gasteiger partial charge in [0.25, 0.3) is 0 Å². The number of fused-ring (bicyclic) bond motifs is 1. The number of rotatable bonds is 5. The largest absolute Gasteiger partial charge is 0.392 e. The van der Waals surface area contributed by atoms with Crippen LogP contribution in [0.3, 0.4) is 0 Å². The van der Waals surface area contributed by atoms with Crippen molar-refractivity contribution in [2.75, 3.05) is 0 Å². The van der Waals surface area contributed by atoms with Crippen LogP contribution in [-0.2, 0) is 6.42 Å². The first kappa shape index (κ1) is 14.6. The highest BCUT2D eigenvalue weighted by atomic mass is 19.4. The Morgan fingerprint density at radius 2 is 1.65 bits per heavy atom. The lowest BCUT2D eigenvalue weighted by molar-refractivity contribution is -0.125. The van der Waals surface area contributed by atoms with Gasteiger partial charge in [0.15, 0.2) is 0 Å². The van der Waals surface area contributed by atoms with Crippen LogP contribution in [0, 0.1) is 0 Å². The summed E-state index contributed by atoms with van der Waals surface area (Å²) in [6, 6.07) is 14.5. The molecule has 0 aliphatic carbocycles. The molecule has 0 N–H and O–H groups in total. The lowest BCUT2D eigenvalue weighted by Gasteiger charge is -2.03. The van der Waals surface area contributed by atoms with Crippen LogP contribution in [0.5, 0.6) is 0 Å². The molecule has 0 spiro atoms. The summed E-state index contributed by atoms with van der Waals surface area (Å²) in [5.41, 5.74) is 1.23. The van der Waals surface area contributed by atoms with Crippen molar-refractivity contribution in [3.05, 3.63) is 60.2 Å². The van der Waals surface area contributed by atoms with Gasteiger partial charge in [-0.05, 0) is 35.6 Å². The molecule has 2 rings (SSSR count). The van der Waals surface area contributed by atoms with E-state index >= 15 is 0 Å². The second-order valence-electron chi connectivity index (χ2n) is 4.86. The topological polar surface area (TPSA) is 0 Å². The zero-order valence-corrected chi connectivity index (χ0v) is 11.2. The summed E-state index contributed by atoms with van der Waals surface area (Å²) in [5, 5.41) is 2.42. The zero-order valence-electron chi connectivity index (χ0n) is 11.2. The number of benzene rings is 2. The minimum absolute atomic E-state index is 0.683. The van der Waals surface area contributed by atoms with Gasteiger partial charge >= 0.3 is 6.18 Å². The molecule has 0 aliphatic rings. The molecule has 0 saturated carbocycles. The van der Waals surface area contributed by atoms with E-state index in [4.69, 9.17) is 0 Å². The van der Waals surface area contributed by atoms with Crippen LogP contribution < -0.4 is 0 Å². The van der Waals surface area contributed by atoms with Crippen molar-refractivity contribution in [1.82, 2.24) is 0 Å². The van der Waals surface area contributed by atoms with Crippen LogP contribution in [-0.4, -0.2) is 6.18 Å². The molecule has 0 fully saturated rings. The fourth-order valence-corrected chi connectivity index (χ4v) is 2.15. The number of hydrogen-bond donors (Lipinski definition) is 0. The van der Waals surface area contributed by atoms with E-state index in [0.29, 0.717) is 6.42 Å². The molecular weight excluding hydrogens is 261 g/mol. The molecule has 0 aliphatic heterocycles. The molecule has 106 valence electrons. The number of unbranched alkanes of at least 4 members (excludes halogenated alkanes) is 1. The van der Waals surface area contributed by atoms with Crippen molar-refractivity contribution < 1.29 is 13.2 Å². The molecule has 0 nitrogen and oxygen atoms in total. The predicted molar refractivity (Wildman–Crippen MR) is 76.7 cm³/mol. The molecule has 0 atom stereocenters. The maximum atomic E-state index is 11.9. The van der Waals surface area contributed by atoms with Crippen LogP contribution in [0.25, 0.3) is 10.8 Å². The zero-order chi connectivity index (χ0) is 14.4. The second-order valence-corrected chi connectivity index (χ2v) is 4.86. The Bertz CT molecular complexity index is 582. The maximum Gasteiger partial charge on any atom is 0.392 e. The lowest BCUT2D eigenvalue weighted by atomic mass is 10.0. The minimum Gasteiger partial charge on any atom is -0.171 e. The summed E-state index contributed by atoms with van der Waals surface area (Å²) in [7, 11) is 0. The Morgan fingerprint density at radius 1 is 0.900 bits per heavy atom. The third-order valence-corrected chi connectivity index (χ3v) is 3.17. The maximum absolute atomic E-state index is 11.9. The molecule has 2 aromatic rings. The summed E-state index contributed by atoms with van der Waals surface area (Å²) >= 11 is 0. The Labute approximate surface area is 116 Å². The molecule has 0 radical (unpaired) electrons. The van der Waals surface area contributed by atoms with Gasteiger partial charge < -0.3 is 0 Å². The number of allylic oxidation sites excluding steroid dienone is 2. The second kappa shape index (κ2) is 6.60. The molecular formula is C17H17F3. The molecule has 20 heavy (non-hydrogen) atoms. The number of aryl methyl sites for hydroxylation is 1. The molecule has 0 saturated heterocycles. The van der Waals surface area contributed by atoms with E-state index in [1.807, 2.05) is 12.1 Å². The molecule has 3 heteroatoms. The van der Waals surface area contributed by atoms with Crippen molar-refractivity contribution in [2.24, 2.45) is 0 Å². The molecule has 2 aromatic carbocycles. The van der Waals surface area contributed by atoms with Gasteiger partial charge in [0.2, 0.25) is 0 Å². The number of hydrogen-bond acceptors (Lipinski definition) is 0. The van der Waals surface area contributed by atoms with E-state index in [1.165, 1.54) is 22.4 Å². The van der Waals surface area contributed by atoms with Gasteiger partial charge in [-0.25, -0.2) is 0 Å². The summed E-state index contributed by atoms with van der Waals surface area (Å²) < 4.78 is 35.8. The highest BCUT2D eigenvalue weighted by Gasteiger charge is 2.24. The van der Waals surface area contributed by atoms with E-state index in [2.05, 4.69) is 30.3 Å². The average Bonchev–Trinajstić information content (AvgIpc) is 2.41. The third-order valence-electron chi connectivity index (χ3n) is 3.17. The monoisotopic (exact) mass is 278 g/mol. The highest BCUT2D eigenvalue weighted by molar-refractivity contribution is 5.82. The first-order valence-corrected chi connectivity index (χ1v) is 6.74. The average molecular weight is 278 g/mol. The van der Waals surface area contributed by atoms with E-state index in [-0.39, 0.29) is 0 Å². The van der Waals surface area contributed by atoms with Crippen molar-refractivity contribution in [1.29, 1.82) is 0 Å². The van der Waals surface area contributed by atoms with Crippen LogP contribution in [0.15, 0.2) is 54.6 Å². The summed E-state index contributed by atoms with van der Waals surface area (Å²) in [4.78, 5) is 0. The molecule has 0 aromatic heterocycles. The highest BCUT2D eigenvalue weighted by Crippen LogP contribution is 2.20. The van der Waals surface area contributed by atoms with Crippen LogP contribution >= 0.6 is 0 Å². The van der Waals surface area contributed by atoms with Gasteiger partial charge in [-0.15, -0.1) is 0 Å². The molecule has 0 amide bonds. The standard InChI is InChI=1S/C17H17F3/c18-17(19,20)12-6-2-1-3-7-14-10-11-15-8-4-5-9-16(15)13-14/h2,4-6,8-11,13H,1,3,7,12H2/b6-2+. The fourth-order valence-electron chi connectivity index (χ4n) is 2.15. The van der Waals surface area contributed by atoms with Gasteiger partial charge in [0, 0.05) is 0 Å². The van der Waals surface area contributed by atoms with Crippen molar-refractivity contribution >= 4 is 10.8 Å². The Hall–Kier alpha value is -1.77. The first-order chi connectivity index (χ1) is 9.54. The normalized spacial score (nSPS) is 12.3. The molecule has 0 heterocycles. The predicted octanol–water partition coefficient (Wildman–Crippen LogP) is 5.67.